The van der Waals surface area contributed by atoms with E-state index in [1.807, 2.05) is 43.3 Å². The summed E-state index contributed by atoms with van der Waals surface area (Å²) in [5, 5.41) is 0. The molecule has 8 heteroatoms. The maximum atomic E-state index is 12.6. The summed E-state index contributed by atoms with van der Waals surface area (Å²) >= 11 is 0. The van der Waals surface area contributed by atoms with Gasteiger partial charge in [0.05, 0.1) is 10.8 Å². The van der Waals surface area contributed by atoms with E-state index < -0.39 is 34.7 Å². The number of rotatable bonds is 14. The molecule has 0 radical (unpaired) electrons. The van der Waals surface area contributed by atoms with Crippen LogP contribution >= 0.6 is 0 Å². The quantitative estimate of drug-likeness (QED) is 0.126. The van der Waals surface area contributed by atoms with Gasteiger partial charge in [0, 0.05) is 13.0 Å². The summed E-state index contributed by atoms with van der Waals surface area (Å²) in [6, 6.07) is 9.64. The number of hydrogen-bond donors (Lipinski definition) is 0. The highest BCUT2D eigenvalue weighted by atomic mass is 16.6. The summed E-state index contributed by atoms with van der Waals surface area (Å²) in [6.07, 6.45) is 7.07. The third-order valence-electron chi connectivity index (χ3n) is 5.27. The highest BCUT2D eigenvalue weighted by molar-refractivity contribution is 5.82. The lowest BCUT2D eigenvalue weighted by molar-refractivity contribution is -0.166. The summed E-state index contributed by atoms with van der Waals surface area (Å²) in [5.41, 5.74) is -0.899. The van der Waals surface area contributed by atoms with Crippen molar-refractivity contribution in [2.75, 3.05) is 26.4 Å². The van der Waals surface area contributed by atoms with Crippen molar-refractivity contribution in [3.05, 3.63) is 54.1 Å². The predicted molar refractivity (Wildman–Crippen MR) is 131 cm³/mol. The zero-order valence-electron chi connectivity index (χ0n) is 21.2. The van der Waals surface area contributed by atoms with Crippen LogP contribution in [0.4, 0.5) is 0 Å². The SMILES string of the molecule is CCC(C)(CC(C)(C)C(=O)OCCOC(=O)/C=C/C=C/c1ccccc1)C(=O)OCCOC(C)=O. The van der Waals surface area contributed by atoms with Crippen molar-refractivity contribution >= 4 is 30.0 Å². The lowest BCUT2D eigenvalue weighted by Crippen LogP contribution is -2.39. The van der Waals surface area contributed by atoms with E-state index in [0.29, 0.717) is 6.42 Å². The Hall–Kier alpha value is -3.42. The summed E-state index contributed by atoms with van der Waals surface area (Å²) in [6.45, 7) is 7.92. The second kappa shape index (κ2) is 14.8. The molecular formula is C27H36O8. The highest BCUT2D eigenvalue weighted by Gasteiger charge is 2.42. The van der Waals surface area contributed by atoms with Gasteiger partial charge in [-0.25, -0.2) is 4.79 Å². The number of benzene rings is 1. The first kappa shape index (κ1) is 29.6. The van der Waals surface area contributed by atoms with Crippen molar-refractivity contribution < 1.29 is 38.1 Å². The Morgan fingerprint density at radius 2 is 1.37 bits per heavy atom. The zero-order chi connectivity index (χ0) is 26.3. The van der Waals surface area contributed by atoms with Crippen molar-refractivity contribution in [2.45, 2.75) is 47.5 Å². The van der Waals surface area contributed by atoms with Gasteiger partial charge >= 0.3 is 23.9 Å². The second-order valence-electron chi connectivity index (χ2n) is 8.88. The highest BCUT2D eigenvalue weighted by Crippen LogP contribution is 2.38. The lowest BCUT2D eigenvalue weighted by Gasteiger charge is -2.33. The number of carbonyl (C=O) groups excluding carboxylic acids is 4. The molecule has 0 aromatic heterocycles. The van der Waals surface area contributed by atoms with Gasteiger partial charge < -0.3 is 18.9 Å². The average molecular weight is 489 g/mol. The molecule has 1 aromatic rings. The fourth-order valence-electron chi connectivity index (χ4n) is 3.27. The molecule has 1 rings (SSSR count). The molecule has 0 saturated carbocycles. The van der Waals surface area contributed by atoms with E-state index in [1.165, 1.54) is 13.0 Å². The van der Waals surface area contributed by atoms with Gasteiger partial charge in [-0.1, -0.05) is 55.5 Å². The molecule has 1 aromatic carbocycles. The third-order valence-corrected chi connectivity index (χ3v) is 5.27. The molecule has 0 saturated heterocycles. The first-order valence-electron chi connectivity index (χ1n) is 11.5. The Morgan fingerprint density at radius 1 is 0.800 bits per heavy atom. The van der Waals surface area contributed by atoms with Crippen LogP contribution in [0.15, 0.2) is 48.6 Å². The fraction of sp³-hybridized carbons (Fsp3) is 0.481. The van der Waals surface area contributed by atoms with Crippen LogP contribution in [0.1, 0.15) is 53.0 Å². The van der Waals surface area contributed by atoms with E-state index in [1.54, 1.807) is 32.9 Å². The first-order valence-corrected chi connectivity index (χ1v) is 11.5. The normalized spacial score (nSPS) is 13.3. The molecule has 0 bridgehead atoms. The van der Waals surface area contributed by atoms with Crippen LogP contribution in [-0.4, -0.2) is 50.3 Å². The van der Waals surface area contributed by atoms with E-state index in [2.05, 4.69) is 0 Å². The minimum atomic E-state index is -0.980. The van der Waals surface area contributed by atoms with Crippen LogP contribution in [0.25, 0.3) is 6.08 Å². The Kier molecular flexibility index (Phi) is 12.5. The summed E-state index contributed by atoms with van der Waals surface area (Å²) in [5.74, 6) is -1.99. The van der Waals surface area contributed by atoms with Gasteiger partial charge in [-0.05, 0) is 39.2 Å². The fourth-order valence-corrected chi connectivity index (χ4v) is 3.27. The van der Waals surface area contributed by atoms with Crippen LogP contribution in [0, 0.1) is 10.8 Å². The van der Waals surface area contributed by atoms with E-state index in [0.717, 1.165) is 5.56 Å². The summed E-state index contributed by atoms with van der Waals surface area (Å²) < 4.78 is 20.3. The largest absolute Gasteiger partial charge is 0.462 e. The van der Waals surface area contributed by atoms with Gasteiger partial charge in [-0.2, -0.15) is 0 Å². The molecule has 35 heavy (non-hydrogen) atoms. The Balaban J connectivity index is 2.43. The maximum Gasteiger partial charge on any atom is 0.330 e. The molecule has 8 nitrogen and oxygen atoms in total. The van der Waals surface area contributed by atoms with Crippen LogP contribution in [0.3, 0.4) is 0 Å². The van der Waals surface area contributed by atoms with Gasteiger partial charge in [0.2, 0.25) is 0 Å². The first-order chi connectivity index (χ1) is 16.5. The lowest BCUT2D eigenvalue weighted by atomic mass is 9.72. The average Bonchev–Trinajstić information content (AvgIpc) is 2.82. The molecule has 0 aliphatic rings. The maximum absolute atomic E-state index is 12.6. The summed E-state index contributed by atoms with van der Waals surface area (Å²) in [4.78, 5) is 47.8. The van der Waals surface area contributed by atoms with E-state index in [-0.39, 0.29) is 32.8 Å². The second-order valence-corrected chi connectivity index (χ2v) is 8.88. The van der Waals surface area contributed by atoms with Gasteiger partial charge in [-0.3, -0.25) is 14.4 Å². The van der Waals surface area contributed by atoms with Crippen LogP contribution in [-0.2, 0) is 38.1 Å². The van der Waals surface area contributed by atoms with Crippen LogP contribution in [0.2, 0.25) is 0 Å². The topological polar surface area (TPSA) is 105 Å². The minimum Gasteiger partial charge on any atom is -0.462 e. The molecule has 0 N–H and O–H groups in total. The Bertz CT molecular complexity index is 901. The standard InChI is InChI=1S/C27H36O8/c1-6-27(5,25(31)35-18-16-32-21(2)28)20-26(3,4)24(30)34-19-17-33-23(29)15-11-10-14-22-12-8-7-9-13-22/h7-15H,6,16-20H2,1-5H3/b14-10+,15-11+. The molecule has 0 spiro atoms. The monoisotopic (exact) mass is 488 g/mol. The van der Waals surface area contributed by atoms with Crippen LogP contribution in [0.5, 0.6) is 0 Å². The van der Waals surface area contributed by atoms with Crippen molar-refractivity contribution in [1.82, 2.24) is 0 Å². The van der Waals surface area contributed by atoms with Gasteiger partial charge in [0.1, 0.15) is 26.4 Å². The van der Waals surface area contributed by atoms with Crippen molar-refractivity contribution in [3.63, 3.8) is 0 Å². The molecule has 0 amide bonds. The van der Waals surface area contributed by atoms with Crippen molar-refractivity contribution in [2.24, 2.45) is 10.8 Å². The van der Waals surface area contributed by atoms with Gasteiger partial charge in [0.25, 0.3) is 0 Å². The van der Waals surface area contributed by atoms with Gasteiger partial charge in [0.15, 0.2) is 0 Å². The molecular weight excluding hydrogens is 452 g/mol. The van der Waals surface area contributed by atoms with Crippen LogP contribution < -0.4 is 0 Å². The van der Waals surface area contributed by atoms with E-state index >= 15 is 0 Å². The van der Waals surface area contributed by atoms with E-state index in [9.17, 15) is 19.2 Å². The zero-order valence-corrected chi connectivity index (χ0v) is 21.2. The minimum absolute atomic E-state index is 0.0243. The Morgan fingerprint density at radius 3 is 1.97 bits per heavy atom. The van der Waals surface area contributed by atoms with Crippen molar-refractivity contribution in [1.29, 1.82) is 0 Å². The molecule has 0 fully saturated rings. The molecule has 0 aliphatic heterocycles. The molecule has 0 heterocycles. The number of allylic oxidation sites excluding steroid dienone is 2. The molecule has 0 aliphatic carbocycles. The number of hydrogen-bond acceptors (Lipinski definition) is 8. The molecule has 1 atom stereocenters. The third kappa shape index (κ3) is 11.5. The van der Waals surface area contributed by atoms with Crippen molar-refractivity contribution in [3.8, 4) is 0 Å². The van der Waals surface area contributed by atoms with E-state index in [4.69, 9.17) is 18.9 Å². The number of esters is 4. The smallest absolute Gasteiger partial charge is 0.330 e. The number of carbonyl (C=O) groups is 4. The Labute approximate surface area is 207 Å². The van der Waals surface area contributed by atoms with Gasteiger partial charge in [-0.15, -0.1) is 0 Å². The molecule has 192 valence electrons. The molecule has 1 unspecified atom stereocenters. The number of ether oxygens (including phenoxy) is 4. The predicted octanol–water partition coefficient (Wildman–Crippen LogP) is 4.28. The summed E-state index contributed by atoms with van der Waals surface area (Å²) in [7, 11) is 0.